The molecule has 1 aliphatic rings. The van der Waals surface area contributed by atoms with Crippen LogP contribution in [0.1, 0.15) is 19.8 Å². The average molecular weight is 300 g/mol. The molecule has 1 fully saturated rings. The van der Waals surface area contributed by atoms with Crippen LogP contribution in [0.15, 0.2) is 46.6 Å². The minimum Gasteiger partial charge on any atom is -0.394 e. The third-order valence-corrected chi connectivity index (χ3v) is 4.77. The normalized spacial score (nSPS) is 18.7. The molecule has 1 saturated heterocycles. The zero-order valence-electron chi connectivity index (χ0n) is 12.2. The van der Waals surface area contributed by atoms with Crippen LogP contribution in [0.4, 0.5) is 11.5 Å². The van der Waals surface area contributed by atoms with E-state index < -0.39 is 0 Å². The maximum atomic E-state index is 6.32. The second-order valence-electron chi connectivity index (χ2n) is 5.52. The number of anilines is 2. The summed E-state index contributed by atoms with van der Waals surface area (Å²) in [4.78, 5) is 12.2. The Morgan fingerprint density at radius 3 is 2.81 bits per heavy atom. The highest BCUT2D eigenvalue weighted by Gasteiger charge is 2.21. The number of benzene rings is 1. The van der Waals surface area contributed by atoms with E-state index in [4.69, 9.17) is 5.73 Å². The molecule has 1 atom stereocenters. The molecule has 2 N–H and O–H groups in total. The molecule has 1 aliphatic heterocycles. The summed E-state index contributed by atoms with van der Waals surface area (Å²) in [5.74, 6) is 1.58. The molecule has 0 radical (unpaired) electrons. The van der Waals surface area contributed by atoms with Gasteiger partial charge in [-0.2, -0.15) is 0 Å². The number of nitrogens with two attached hydrogens (primary N) is 1. The summed E-state index contributed by atoms with van der Waals surface area (Å²) in [5, 5.41) is 0.837. The lowest BCUT2D eigenvalue weighted by molar-refractivity contribution is 0.444. The van der Waals surface area contributed by atoms with Crippen molar-refractivity contribution >= 4 is 23.3 Å². The van der Waals surface area contributed by atoms with Gasteiger partial charge in [-0.25, -0.2) is 9.97 Å². The molecule has 0 bridgehead atoms. The summed E-state index contributed by atoms with van der Waals surface area (Å²) in [5.41, 5.74) is 7.01. The van der Waals surface area contributed by atoms with Gasteiger partial charge in [0.25, 0.3) is 0 Å². The summed E-state index contributed by atoms with van der Waals surface area (Å²) >= 11 is 1.59. The fourth-order valence-electron chi connectivity index (χ4n) is 2.69. The number of piperidine rings is 1. The van der Waals surface area contributed by atoms with Crippen molar-refractivity contribution in [1.82, 2.24) is 9.97 Å². The molecule has 5 heteroatoms. The topological polar surface area (TPSA) is 55.0 Å². The first-order chi connectivity index (χ1) is 10.2. The molecule has 110 valence electrons. The lowest BCUT2D eigenvalue weighted by Crippen LogP contribution is -2.35. The molecule has 1 unspecified atom stereocenters. The van der Waals surface area contributed by atoms with E-state index in [0.717, 1.165) is 28.8 Å². The van der Waals surface area contributed by atoms with Gasteiger partial charge in [0, 0.05) is 18.0 Å². The number of nitrogen functional groups attached to an aromatic ring is 1. The van der Waals surface area contributed by atoms with Crippen LogP contribution >= 0.6 is 11.8 Å². The molecule has 1 aromatic carbocycles. The third kappa shape index (κ3) is 3.29. The van der Waals surface area contributed by atoms with Gasteiger partial charge in [-0.1, -0.05) is 36.9 Å². The van der Waals surface area contributed by atoms with Crippen molar-refractivity contribution in [2.24, 2.45) is 5.92 Å². The molecule has 21 heavy (non-hydrogen) atoms. The number of aromatic nitrogens is 2. The smallest absolute Gasteiger partial charge is 0.156 e. The zero-order chi connectivity index (χ0) is 14.7. The van der Waals surface area contributed by atoms with Crippen molar-refractivity contribution in [3.8, 4) is 0 Å². The van der Waals surface area contributed by atoms with E-state index in [0.29, 0.717) is 11.6 Å². The molecular formula is C16H20N4S. The van der Waals surface area contributed by atoms with Crippen LogP contribution in [-0.2, 0) is 0 Å². The quantitative estimate of drug-likeness (QED) is 0.880. The number of nitrogens with zero attached hydrogens (tertiary/aromatic N) is 3. The van der Waals surface area contributed by atoms with Gasteiger partial charge in [-0.15, -0.1) is 0 Å². The average Bonchev–Trinajstić information content (AvgIpc) is 2.50. The predicted octanol–water partition coefficient (Wildman–Crippen LogP) is 3.45. The van der Waals surface area contributed by atoms with E-state index in [9.17, 15) is 0 Å². The second kappa shape index (κ2) is 6.35. The predicted molar refractivity (Wildman–Crippen MR) is 87.6 cm³/mol. The van der Waals surface area contributed by atoms with Crippen LogP contribution in [0.25, 0.3) is 0 Å². The fraction of sp³-hybridized carbons (Fsp3) is 0.375. The van der Waals surface area contributed by atoms with Crippen LogP contribution in [0, 0.1) is 5.92 Å². The van der Waals surface area contributed by atoms with Crippen molar-refractivity contribution in [2.45, 2.75) is 29.7 Å². The summed E-state index contributed by atoms with van der Waals surface area (Å²) in [6.07, 6.45) is 4.11. The Kier molecular flexibility index (Phi) is 4.29. The number of rotatable bonds is 3. The summed E-state index contributed by atoms with van der Waals surface area (Å²) in [6, 6.07) is 10.2. The van der Waals surface area contributed by atoms with Crippen LogP contribution in [-0.4, -0.2) is 23.1 Å². The standard InChI is InChI=1S/C16H20N4S/c1-12-6-5-9-20(10-12)15-14(17)16(19-11-18-15)21-13-7-3-2-4-8-13/h2-4,7-8,11-12H,5-6,9-10,17H2,1H3. The summed E-state index contributed by atoms with van der Waals surface area (Å²) in [6.45, 7) is 4.33. The molecule has 1 aromatic heterocycles. The van der Waals surface area contributed by atoms with E-state index in [2.05, 4.69) is 33.9 Å². The van der Waals surface area contributed by atoms with E-state index in [-0.39, 0.29) is 0 Å². The van der Waals surface area contributed by atoms with Gasteiger partial charge in [0.15, 0.2) is 5.82 Å². The van der Waals surface area contributed by atoms with E-state index >= 15 is 0 Å². The van der Waals surface area contributed by atoms with Crippen molar-refractivity contribution in [2.75, 3.05) is 23.7 Å². The maximum absolute atomic E-state index is 6.32. The second-order valence-corrected chi connectivity index (χ2v) is 6.59. The van der Waals surface area contributed by atoms with Gasteiger partial charge in [0.2, 0.25) is 0 Å². The lowest BCUT2D eigenvalue weighted by atomic mass is 10.0. The number of hydrogen-bond acceptors (Lipinski definition) is 5. The maximum Gasteiger partial charge on any atom is 0.156 e. The molecule has 0 aliphatic carbocycles. The highest BCUT2D eigenvalue weighted by molar-refractivity contribution is 7.99. The van der Waals surface area contributed by atoms with Crippen LogP contribution in [0.2, 0.25) is 0 Å². The van der Waals surface area contributed by atoms with E-state index in [1.807, 2.05) is 18.2 Å². The van der Waals surface area contributed by atoms with E-state index in [1.165, 1.54) is 12.8 Å². The first kappa shape index (κ1) is 14.2. The molecule has 4 nitrogen and oxygen atoms in total. The molecular weight excluding hydrogens is 280 g/mol. The molecule has 2 heterocycles. The SMILES string of the molecule is CC1CCCN(c2ncnc(Sc3ccccc3)c2N)C1. The highest BCUT2D eigenvalue weighted by Crippen LogP contribution is 2.35. The van der Waals surface area contributed by atoms with Crippen molar-refractivity contribution in [3.63, 3.8) is 0 Å². The zero-order valence-corrected chi connectivity index (χ0v) is 13.0. The monoisotopic (exact) mass is 300 g/mol. The van der Waals surface area contributed by atoms with Gasteiger partial charge >= 0.3 is 0 Å². The van der Waals surface area contributed by atoms with Crippen molar-refractivity contribution in [3.05, 3.63) is 36.7 Å². The summed E-state index contributed by atoms with van der Waals surface area (Å²) in [7, 11) is 0. The summed E-state index contributed by atoms with van der Waals surface area (Å²) < 4.78 is 0. The van der Waals surface area contributed by atoms with Gasteiger partial charge in [0.05, 0.1) is 0 Å². The van der Waals surface area contributed by atoms with Gasteiger partial charge < -0.3 is 10.6 Å². The molecule has 0 saturated carbocycles. The first-order valence-electron chi connectivity index (χ1n) is 7.32. The van der Waals surface area contributed by atoms with Crippen molar-refractivity contribution in [1.29, 1.82) is 0 Å². The Morgan fingerprint density at radius 1 is 1.24 bits per heavy atom. The Balaban J connectivity index is 1.85. The van der Waals surface area contributed by atoms with Crippen LogP contribution in [0.3, 0.4) is 0 Å². The molecule has 0 spiro atoms. The minimum atomic E-state index is 0.693. The first-order valence-corrected chi connectivity index (χ1v) is 8.14. The highest BCUT2D eigenvalue weighted by atomic mass is 32.2. The van der Waals surface area contributed by atoms with Crippen LogP contribution in [0.5, 0.6) is 0 Å². The Bertz CT molecular complexity index is 602. The van der Waals surface area contributed by atoms with Crippen LogP contribution < -0.4 is 10.6 Å². The lowest BCUT2D eigenvalue weighted by Gasteiger charge is -2.32. The Morgan fingerprint density at radius 2 is 2.05 bits per heavy atom. The molecule has 3 rings (SSSR count). The molecule has 0 amide bonds. The fourth-order valence-corrected chi connectivity index (χ4v) is 3.50. The van der Waals surface area contributed by atoms with Gasteiger partial charge in [-0.05, 0) is 30.9 Å². The van der Waals surface area contributed by atoms with Crippen molar-refractivity contribution < 1.29 is 0 Å². The van der Waals surface area contributed by atoms with E-state index in [1.54, 1.807) is 18.1 Å². The third-order valence-electron chi connectivity index (χ3n) is 3.74. The van der Waals surface area contributed by atoms with Gasteiger partial charge in [-0.3, -0.25) is 0 Å². The number of hydrogen-bond donors (Lipinski definition) is 1. The molecule has 2 aromatic rings. The Labute approximate surface area is 129 Å². The Hall–Kier alpha value is -1.75. The largest absolute Gasteiger partial charge is 0.394 e. The minimum absolute atomic E-state index is 0.693. The van der Waals surface area contributed by atoms with Gasteiger partial charge in [0.1, 0.15) is 17.0 Å².